The molecule has 0 saturated carbocycles. The largest absolute Gasteiger partial charge is 0.446 e. The molecule has 4 nitrogen and oxygen atoms in total. The van der Waals surface area contributed by atoms with Crippen LogP contribution in [0.3, 0.4) is 0 Å². The second-order valence-corrected chi connectivity index (χ2v) is 5.49. The van der Waals surface area contributed by atoms with Gasteiger partial charge in [0.25, 0.3) is 0 Å². The second kappa shape index (κ2) is 5.04. The molecule has 0 aromatic carbocycles. The van der Waals surface area contributed by atoms with Gasteiger partial charge in [-0.3, -0.25) is 4.79 Å². The molecule has 1 atom stereocenters. The molecule has 0 N–H and O–H groups in total. The number of hydrogen-bond acceptors (Lipinski definition) is 5. The molecule has 0 saturated heterocycles. The zero-order valence-corrected chi connectivity index (χ0v) is 12.1. The maximum Gasteiger partial charge on any atom is 0.222 e. The first kappa shape index (κ1) is 13.0. The van der Waals surface area contributed by atoms with Crippen LogP contribution in [0.5, 0.6) is 0 Å². The van der Waals surface area contributed by atoms with Gasteiger partial charge in [-0.2, -0.15) is 5.26 Å². The number of hydrogen-bond donors (Lipinski definition) is 0. The number of nitrogens with zero attached hydrogens (tertiary/aromatic N) is 2. The minimum Gasteiger partial charge on any atom is -0.446 e. The maximum absolute atomic E-state index is 12.2. The molecule has 0 amide bonds. The second-order valence-electron chi connectivity index (χ2n) is 3.82. The van der Waals surface area contributed by atoms with Crippen molar-refractivity contribution in [1.82, 2.24) is 4.98 Å². The van der Waals surface area contributed by atoms with Gasteiger partial charge in [0.1, 0.15) is 5.01 Å². The molecule has 92 valence electrons. The normalized spacial score (nSPS) is 12.1. The fraction of sp³-hybridized carbons (Fsp3) is 0.250. The highest BCUT2D eigenvalue weighted by atomic mass is 79.9. The van der Waals surface area contributed by atoms with Crippen molar-refractivity contribution in [2.75, 3.05) is 0 Å². The molecular weight excluding hydrogens is 316 g/mol. The number of nitriles is 1. The molecule has 2 aromatic rings. The van der Waals surface area contributed by atoms with Crippen molar-refractivity contribution in [1.29, 1.82) is 5.26 Å². The number of ketones is 1. The van der Waals surface area contributed by atoms with Gasteiger partial charge in [-0.1, -0.05) is 0 Å². The van der Waals surface area contributed by atoms with Crippen LogP contribution in [0.25, 0.3) is 0 Å². The SMILES string of the molecule is Cc1csc([C@@H](C#N)C(=O)c2oc(Br)cc2C)n1. The minimum atomic E-state index is -0.902. The Morgan fingerprint density at radius 3 is 2.78 bits per heavy atom. The van der Waals surface area contributed by atoms with Crippen LogP contribution in [-0.2, 0) is 0 Å². The number of carbonyl (C=O) groups is 1. The number of rotatable bonds is 3. The summed E-state index contributed by atoms with van der Waals surface area (Å²) >= 11 is 4.48. The van der Waals surface area contributed by atoms with Crippen LogP contribution >= 0.6 is 27.3 Å². The summed E-state index contributed by atoms with van der Waals surface area (Å²) in [6.45, 7) is 3.59. The van der Waals surface area contributed by atoms with Crippen molar-refractivity contribution in [2.45, 2.75) is 19.8 Å². The van der Waals surface area contributed by atoms with E-state index in [0.29, 0.717) is 15.2 Å². The number of aromatic nitrogens is 1. The van der Waals surface area contributed by atoms with Gasteiger partial charge in [0.15, 0.2) is 16.3 Å². The predicted octanol–water partition coefficient (Wildman–Crippen LogP) is 3.61. The Balaban J connectivity index is 2.38. The lowest BCUT2D eigenvalue weighted by atomic mass is 10.0. The standard InChI is InChI=1S/C12H9BrN2O2S/c1-6-3-9(13)17-11(6)10(16)8(4-14)12-15-7(2)5-18-12/h3,5,8H,1-2H3/t8-/m0/s1. The van der Waals surface area contributed by atoms with Crippen molar-refractivity contribution in [2.24, 2.45) is 0 Å². The molecule has 0 aliphatic carbocycles. The summed E-state index contributed by atoms with van der Waals surface area (Å²) in [5.41, 5.74) is 1.51. The molecule has 0 fully saturated rings. The molecule has 2 rings (SSSR count). The minimum absolute atomic E-state index is 0.210. The van der Waals surface area contributed by atoms with E-state index in [1.165, 1.54) is 11.3 Å². The van der Waals surface area contributed by atoms with E-state index in [4.69, 9.17) is 9.68 Å². The molecular formula is C12H9BrN2O2S. The number of Topliss-reactive ketones (excluding diaryl/α,β-unsaturated/α-hetero) is 1. The van der Waals surface area contributed by atoms with Crippen LogP contribution in [0.4, 0.5) is 0 Å². The fourth-order valence-electron chi connectivity index (χ4n) is 1.55. The third kappa shape index (κ3) is 2.37. The molecule has 0 aliphatic heterocycles. The van der Waals surface area contributed by atoms with Crippen molar-refractivity contribution < 1.29 is 9.21 Å². The van der Waals surface area contributed by atoms with E-state index in [-0.39, 0.29) is 11.5 Å². The number of furan rings is 1. The predicted molar refractivity (Wildman–Crippen MR) is 70.7 cm³/mol. The lowest BCUT2D eigenvalue weighted by Gasteiger charge is -2.03. The molecule has 18 heavy (non-hydrogen) atoms. The van der Waals surface area contributed by atoms with E-state index in [0.717, 1.165) is 5.69 Å². The fourth-order valence-corrected chi connectivity index (χ4v) is 2.89. The summed E-state index contributed by atoms with van der Waals surface area (Å²) in [4.78, 5) is 16.4. The first-order chi connectivity index (χ1) is 8.52. The van der Waals surface area contributed by atoms with Crippen LogP contribution in [-0.4, -0.2) is 10.8 Å². The number of carbonyl (C=O) groups excluding carboxylic acids is 1. The molecule has 6 heteroatoms. The highest BCUT2D eigenvalue weighted by molar-refractivity contribution is 9.10. The summed E-state index contributed by atoms with van der Waals surface area (Å²) in [6, 6.07) is 3.69. The summed E-state index contributed by atoms with van der Waals surface area (Å²) in [5.74, 6) is -1.04. The number of halogens is 1. The third-order valence-corrected chi connectivity index (χ3v) is 3.80. The summed E-state index contributed by atoms with van der Waals surface area (Å²) < 4.78 is 5.76. The zero-order valence-electron chi connectivity index (χ0n) is 9.73. The first-order valence-corrected chi connectivity index (χ1v) is 6.82. The maximum atomic E-state index is 12.2. The van der Waals surface area contributed by atoms with Crippen LogP contribution in [0.1, 0.15) is 32.7 Å². The van der Waals surface area contributed by atoms with Gasteiger partial charge in [-0.15, -0.1) is 11.3 Å². The Morgan fingerprint density at radius 1 is 1.61 bits per heavy atom. The Labute approximate surface area is 116 Å². The van der Waals surface area contributed by atoms with E-state index < -0.39 is 5.92 Å². The van der Waals surface area contributed by atoms with Gasteiger partial charge in [0.2, 0.25) is 5.78 Å². The molecule has 2 heterocycles. The van der Waals surface area contributed by atoms with E-state index in [9.17, 15) is 4.79 Å². The van der Waals surface area contributed by atoms with Gasteiger partial charge in [0.05, 0.1) is 6.07 Å². The Kier molecular flexibility index (Phi) is 3.64. The van der Waals surface area contributed by atoms with Gasteiger partial charge in [-0.25, -0.2) is 4.98 Å². The van der Waals surface area contributed by atoms with Crippen LogP contribution in [0, 0.1) is 25.2 Å². The van der Waals surface area contributed by atoms with Crippen molar-refractivity contribution in [3.05, 3.63) is 38.1 Å². The highest BCUT2D eigenvalue weighted by Gasteiger charge is 2.28. The first-order valence-electron chi connectivity index (χ1n) is 5.14. The van der Waals surface area contributed by atoms with Gasteiger partial charge in [-0.05, 0) is 41.4 Å². The molecule has 0 spiro atoms. The molecule has 0 aliphatic rings. The number of thiazole rings is 1. The number of aryl methyl sites for hydroxylation is 2. The molecule has 2 aromatic heterocycles. The Morgan fingerprint density at radius 2 is 2.33 bits per heavy atom. The highest BCUT2D eigenvalue weighted by Crippen LogP contribution is 2.28. The molecule has 0 bridgehead atoms. The van der Waals surface area contributed by atoms with Crippen molar-refractivity contribution in [3.8, 4) is 6.07 Å². The van der Waals surface area contributed by atoms with Gasteiger partial charge >= 0.3 is 0 Å². The van der Waals surface area contributed by atoms with Gasteiger partial charge in [0, 0.05) is 11.1 Å². The monoisotopic (exact) mass is 324 g/mol. The average Bonchev–Trinajstić information content (AvgIpc) is 2.86. The Bertz CT molecular complexity index is 639. The molecule has 0 unspecified atom stereocenters. The van der Waals surface area contributed by atoms with Crippen molar-refractivity contribution >= 4 is 33.0 Å². The summed E-state index contributed by atoms with van der Waals surface area (Å²) in [5, 5.41) is 11.5. The van der Waals surface area contributed by atoms with Crippen LogP contribution in [0.15, 0.2) is 20.5 Å². The van der Waals surface area contributed by atoms with E-state index in [1.807, 2.05) is 18.4 Å². The van der Waals surface area contributed by atoms with Crippen molar-refractivity contribution in [3.63, 3.8) is 0 Å². The quantitative estimate of drug-likeness (QED) is 0.809. The summed E-state index contributed by atoms with van der Waals surface area (Å²) in [6.07, 6.45) is 0. The van der Waals surface area contributed by atoms with Crippen LogP contribution in [0.2, 0.25) is 0 Å². The average molecular weight is 325 g/mol. The smallest absolute Gasteiger partial charge is 0.222 e. The zero-order chi connectivity index (χ0) is 13.3. The van der Waals surface area contributed by atoms with Crippen LogP contribution < -0.4 is 0 Å². The lowest BCUT2D eigenvalue weighted by molar-refractivity contribution is 0.0949. The lowest BCUT2D eigenvalue weighted by Crippen LogP contribution is -2.11. The Hall–Kier alpha value is -1.45. The van der Waals surface area contributed by atoms with E-state index >= 15 is 0 Å². The third-order valence-electron chi connectivity index (χ3n) is 2.39. The van der Waals surface area contributed by atoms with E-state index in [2.05, 4.69) is 20.9 Å². The summed E-state index contributed by atoms with van der Waals surface area (Å²) in [7, 11) is 0. The molecule has 0 radical (unpaired) electrons. The van der Waals surface area contributed by atoms with Gasteiger partial charge < -0.3 is 4.42 Å². The topological polar surface area (TPSA) is 66.9 Å². The van der Waals surface area contributed by atoms with E-state index in [1.54, 1.807) is 13.0 Å².